The van der Waals surface area contributed by atoms with Gasteiger partial charge in [-0.15, -0.1) is 0 Å². The maximum absolute atomic E-state index is 14.1. The van der Waals surface area contributed by atoms with E-state index in [-0.39, 0.29) is 5.82 Å². The average molecular weight is 289 g/mol. The molecular weight excluding hydrogens is 269 g/mol. The molecule has 3 nitrogen and oxygen atoms in total. The van der Waals surface area contributed by atoms with E-state index < -0.39 is 6.10 Å². The molecule has 4 heteroatoms. The zero-order valence-corrected chi connectivity index (χ0v) is 12.5. The smallest absolute Gasteiger partial charge is 0.146 e. The summed E-state index contributed by atoms with van der Waals surface area (Å²) in [5, 5.41) is 10.1. The summed E-state index contributed by atoms with van der Waals surface area (Å²) in [4.78, 5) is 1.83. The minimum Gasteiger partial charge on any atom is -0.496 e. The molecule has 1 N–H and O–H groups in total. The van der Waals surface area contributed by atoms with E-state index in [2.05, 4.69) is 0 Å². The molecule has 0 aliphatic rings. The van der Waals surface area contributed by atoms with Gasteiger partial charge in [-0.1, -0.05) is 18.2 Å². The standard InChI is InChI=1S/C17H20FNO2/c1-4-19(14-9-6-5-8-13(14)18)15-10-7-11-16(21-3)17(15)12(2)20/h5-12,20H,4H2,1-3H3/t12-/m0/s1. The third-order valence-electron chi connectivity index (χ3n) is 3.43. The van der Waals surface area contributed by atoms with Gasteiger partial charge in [-0.2, -0.15) is 0 Å². The average Bonchev–Trinajstić information content (AvgIpc) is 2.49. The third kappa shape index (κ3) is 3.00. The van der Waals surface area contributed by atoms with Gasteiger partial charge < -0.3 is 14.7 Å². The summed E-state index contributed by atoms with van der Waals surface area (Å²) in [6.45, 7) is 4.20. The fraction of sp³-hybridized carbons (Fsp3) is 0.294. The van der Waals surface area contributed by atoms with E-state index >= 15 is 0 Å². The van der Waals surface area contributed by atoms with E-state index in [1.165, 1.54) is 6.07 Å². The van der Waals surface area contributed by atoms with Gasteiger partial charge in [-0.25, -0.2) is 4.39 Å². The lowest BCUT2D eigenvalue weighted by Crippen LogP contribution is -2.20. The van der Waals surface area contributed by atoms with Crippen molar-refractivity contribution >= 4 is 11.4 Å². The second-order valence-electron chi connectivity index (χ2n) is 4.76. The van der Waals surface area contributed by atoms with E-state index in [1.807, 2.05) is 24.0 Å². The van der Waals surface area contributed by atoms with Crippen molar-refractivity contribution in [2.45, 2.75) is 20.0 Å². The fourth-order valence-electron chi connectivity index (χ4n) is 2.51. The van der Waals surface area contributed by atoms with Crippen molar-refractivity contribution in [3.8, 4) is 5.75 Å². The van der Waals surface area contributed by atoms with Gasteiger partial charge >= 0.3 is 0 Å². The van der Waals surface area contributed by atoms with Crippen molar-refractivity contribution in [3.63, 3.8) is 0 Å². The second-order valence-corrected chi connectivity index (χ2v) is 4.76. The molecule has 2 aromatic carbocycles. The largest absolute Gasteiger partial charge is 0.496 e. The fourth-order valence-corrected chi connectivity index (χ4v) is 2.51. The van der Waals surface area contributed by atoms with Crippen LogP contribution in [0.15, 0.2) is 42.5 Å². The van der Waals surface area contributed by atoms with Crippen LogP contribution in [0.25, 0.3) is 0 Å². The monoisotopic (exact) mass is 289 g/mol. The summed E-state index contributed by atoms with van der Waals surface area (Å²) >= 11 is 0. The molecule has 112 valence electrons. The third-order valence-corrected chi connectivity index (χ3v) is 3.43. The van der Waals surface area contributed by atoms with E-state index in [0.717, 1.165) is 5.69 Å². The minimum absolute atomic E-state index is 0.293. The number of aliphatic hydroxyl groups is 1. The molecule has 0 spiro atoms. The number of benzene rings is 2. The molecule has 0 radical (unpaired) electrons. The summed E-state index contributed by atoms with van der Waals surface area (Å²) in [7, 11) is 1.56. The first-order valence-corrected chi connectivity index (χ1v) is 6.97. The van der Waals surface area contributed by atoms with Gasteiger partial charge in [-0.3, -0.25) is 0 Å². The highest BCUT2D eigenvalue weighted by Crippen LogP contribution is 2.38. The normalized spacial score (nSPS) is 12.0. The first-order chi connectivity index (χ1) is 10.1. The van der Waals surface area contributed by atoms with Gasteiger partial charge in [-0.05, 0) is 38.1 Å². The van der Waals surface area contributed by atoms with E-state index in [1.54, 1.807) is 38.3 Å². The first-order valence-electron chi connectivity index (χ1n) is 6.97. The molecule has 0 amide bonds. The predicted molar refractivity (Wildman–Crippen MR) is 82.7 cm³/mol. The number of anilines is 2. The van der Waals surface area contributed by atoms with Crippen LogP contribution in [0.2, 0.25) is 0 Å². The van der Waals surface area contributed by atoms with Gasteiger partial charge in [0, 0.05) is 12.1 Å². The van der Waals surface area contributed by atoms with Gasteiger partial charge in [0.15, 0.2) is 0 Å². The molecule has 0 unspecified atom stereocenters. The quantitative estimate of drug-likeness (QED) is 0.901. The summed E-state index contributed by atoms with van der Waals surface area (Å²) in [6, 6.07) is 12.1. The number of para-hydroxylation sites is 1. The van der Waals surface area contributed by atoms with Crippen molar-refractivity contribution in [1.82, 2.24) is 0 Å². The lowest BCUT2D eigenvalue weighted by atomic mass is 10.0. The Kier molecular flexibility index (Phi) is 4.81. The molecule has 2 rings (SSSR count). The Balaban J connectivity index is 2.61. The van der Waals surface area contributed by atoms with Gasteiger partial charge in [0.1, 0.15) is 11.6 Å². The Hall–Kier alpha value is -2.07. The topological polar surface area (TPSA) is 32.7 Å². The van der Waals surface area contributed by atoms with Gasteiger partial charge in [0.05, 0.1) is 24.6 Å². The van der Waals surface area contributed by atoms with Crippen LogP contribution < -0.4 is 9.64 Å². The molecule has 0 fully saturated rings. The highest BCUT2D eigenvalue weighted by Gasteiger charge is 2.20. The van der Waals surface area contributed by atoms with Gasteiger partial charge in [0.2, 0.25) is 0 Å². The Morgan fingerprint density at radius 3 is 2.38 bits per heavy atom. The van der Waals surface area contributed by atoms with E-state index in [4.69, 9.17) is 4.74 Å². The SMILES string of the molecule is CCN(c1ccccc1F)c1cccc(OC)c1[C@H](C)O. The second kappa shape index (κ2) is 6.59. The number of rotatable bonds is 5. The zero-order valence-electron chi connectivity index (χ0n) is 12.5. The molecule has 21 heavy (non-hydrogen) atoms. The number of halogens is 1. The first kappa shape index (κ1) is 15.3. The lowest BCUT2D eigenvalue weighted by Gasteiger charge is -2.28. The van der Waals surface area contributed by atoms with Crippen molar-refractivity contribution < 1.29 is 14.2 Å². The summed E-state index contributed by atoms with van der Waals surface area (Å²) in [5.74, 6) is 0.302. The van der Waals surface area contributed by atoms with Crippen molar-refractivity contribution in [1.29, 1.82) is 0 Å². The number of methoxy groups -OCH3 is 1. The summed E-state index contributed by atoms with van der Waals surface area (Å²) in [6.07, 6.45) is -0.711. The molecular formula is C17H20FNO2. The van der Waals surface area contributed by atoms with Crippen LogP contribution in [0.1, 0.15) is 25.5 Å². The van der Waals surface area contributed by atoms with Crippen molar-refractivity contribution in [2.75, 3.05) is 18.6 Å². The van der Waals surface area contributed by atoms with Crippen LogP contribution in [0.4, 0.5) is 15.8 Å². The number of aliphatic hydroxyl groups excluding tert-OH is 1. The Bertz CT molecular complexity index is 613. The Morgan fingerprint density at radius 1 is 1.14 bits per heavy atom. The summed E-state index contributed by atoms with van der Waals surface area (Å²) in [5.41, 5.74) is 1.89. The highest BCUT2D eigenvalue weighted by atomic mass is 19.1. The molecule has 2 aromatic rings. The Labute approximate surface area is 124 Å². The molecule has 0 saturated heterocycles. The molecule has 1 atom stereocenters. The van der Waals surface area contributed by atoms with Crippen LogP contribution in [-0.4, -0.2) is 18.8 Å². The molecule has 0 saturated carbocycles. The maximum Gasteiger partial charge on any atom is 0.146 e. The van der Waals surface area contributed by atoms with Crippen LogP contribution in [-0.2, 0) is 0 Å². The predicted octanol–water partition coefficient (Wildman–Crippen LogP) is 4.05. The number of hydrogen-bond acceptors (Lipinski definition) is 3. The Morgan fingerprint density at radius 2 is 1.81 bits per heavy atom. The van der Waals surface area contributed by atoms with Crippen LogP contribution >= 0.6 is 0 Å². The van der Waals surface area contributed by atoms with Gasteiger partial charge in [0.25, 0.3) is 0 Å². The summed E-state index contributed by atoms with van der Waals surface area (Å²) < 4.78 is 19.4. The van der Waals surface area contributed by atoms with Crippen LogP contribution in [0, 0.1) is 5.82 Å². The number of ether oxygens (including phenoxy) is 1. The van der Waals surface area contributed by atoms with Crippen molar-refractivity contribution in [2.24, 2.45) is 0 Å². The maximum atomic E-state index is 14.1. The highest BCUT2D eigenvalue weighted by molar-refractivity contribution is 5.70. The van der Waals surface area contributed by atoms with Crippen molar-refractivity contribution in [3.05, 3.63) is 53.8 Å². The van der Waals surface area contributed by atoms with Crippen LogP contribution in [0.5, 0.6) is 5.75 Å². The lowest BCUT2D eigenvalue weighted by molar-refractivity contribution is 0.195. The van der Waals surface area contributed by atoms with Crippen LogP contribution in [0.3, 0.4) is 0 Å². The molecule has 0 aromatic heterocycles. The zero-order chi connectivity index (χ0) is 15.4. The molecule has 0 bridgehead atoms. The molecule has 0 heterocycles. The molecule has 0 aliphatic carbocycles. The number of nitrogens with zero attached hydrogens (tertiary/aromatic N) is 1. The minimum atomic E-state index is -0.711. The van der Waals surface area contributed by atoms with E-state index in [0.29, 0.717) is 23.5 Å². The molecule has 0 aliphatic heterocycles. The number of hydrogen-bond donors (Lipinski definition) is 1. The van der Waals surface area contributed by atoms with E-state index in [9.17, 15) is 9.50 Å².